The fourth-order valence-corrected chi connectivity index (χ4v) is 5.24. The van der Waals surface area contributed by atoms with Gasteiger partial charge in [-0.3, -0.25) is 9.69 Å². The van der Waals surface area contributed by atoms with Crippen molar-refractivity contribution in [3.8, 4) is 11.5 Å². The molecule has 3 aromatic rings. The quantitative estimate of drug-likeness (QED) is 0.379. The molecular formula is C30H40N4O3. The van der Waals surface area contributed by atoms with Crippen molar-refractivity contribution in [3.63, 3.8) is 0 Å². The van der Waals surface area contributed by atoms with Crippen LogP contribution in [0.25, 0.3) is 0 Å². The van der Waals surface area contributed by atoms with Crippen molar-refractivity contribution in [2.24, 2.45) is 0 Å². The zero-order valence-corrected chi connectivity index (χ0v) is 22.8. The van der Waals surface area contributed by atoms with Crippen LogP contribution < -0.4 is 9.47 Å². The Morgan fingerprint density at radius 2 is 1.78 bits per heavy atom. The molecule has 0 bridgehead atoms. The van der Waals surface area contributed by atoms with Crippen LogP contribution in [0.1, 0.15) is 78.2 Å². The van der Waals surface area contributed by atoms with Gasteiger partial charge >= 0.3 is 0 Å². The van der Waals surface area contributed by atoms with Gasteiger partial charge in [-0.1, -0.05) is 25.5 Å². The minimum atomic E-state index is 0.0172. The normalized spacial score (nSPS) is 15.3. The van der Waals surface area contributed by atoms with Gasteiger partial charge in [0.15, 0.2) is 11.5 Å². The van der Waals surface area contributed by atoms with Crippen molar-refractivity contribution >= 4 is 5.91 Å². The van der Waals surface area contributed by atoms with Gasteiger partial charge < -0.3 is 19.4 Å². The topological polar surface area (TPSA) is 70.7 Å². The molecule has 1 aromatic heterocycles. The van der Waals surface area contributed by atoms with Crippen molar-refractivity contribution in [1.82, 2.24) is 19.8 Å². The summed E-state index contributed by atoms with van der Waals surface area (Å²) in [6.07, 6.45) is 6.15. The number of carbonyl (C=O) groups is 1. The zero-order valence-electron chi connectivity index (χ0n) is 22.8. The third-order valence-electron chi connectivity index (χ3n) is 7.32. The smallest absolute Gasteiger partial charge is 0.253 e. The summed E-state index contributed by atoms with van der Waals surface area (Å²) in [6, 6.07) is 12.4. The summed E-state index contributed by atoms with van der Waals surface area (Å²) in [5.41, 5.74) is 5.45. The van der Waals surface area contributed by atoms with Crippen molar-refractivity contribution in [3.05, 3.63) is 76.4 Å². The molecule has 2 aromatic carbocycles. The van der Waals surface area contributed by atoms with Crippen LogP contribution in [0.3, 0.4) is 0 Å². The molecule has 1 aliphatic heterocycles. The first kappa shape index (κ1) is 26.7. The molecule has 7 heteroatoms. The van der Waals surface area contributed by atoms with Crippen LogP contribution in [-0.2, 0) is 19.4 Å². The number of hydrogen-bond donors (Lipinski definition) is 1. The van der Waals surface area contributed by atoms with Gasteiger partial charge in [0.05, 0.1) is 20.3 Å². The highest BCUT2D eigenvalue weighted by molar-refractivity contribution is 5.94. The summed E-state index contributed by atoms with van der Waals surface area (Å²) in [6.45, 7) is 9.28. The summed E-state index contributed by atoms with van der Waals surface area (Å²) in [7, 11) is 3.35. The number of aromatic amines is 1. The van der Waals surface area contributed by atoms with Gasteiger partial charge in [-0.05, 0) is 67.6 Å². The van der Waals surface area contributed by atoms with Gasteiger partial charge in [0.1, 0.15) is 5.82 Å². The van der Waals surface area contributed by atoms with Crippen molar-refractivity contribution in [2.75, 3.05) is 33.9 Å². The molecule has 7 nitrogen and oxygen atoms in total. The average Bonchev–Trinajstić information content (AvgIpc) is 3.38. The van der Waals surface area contributed by atoms with Crippen LogP contribution in [0, 0.1) is 0 Å². The van der Waals surface area contributed by atoms with E-state index in [-0.39, 0.29) is 11.9 Å². The van der Waals surface area contributed by atoms with Gasteiger partial charge in [-0.25, -0.2) is 4.98 Å². The molecule has 0 spiro atoms. The summed E-state index contributed by atoms with van der Waals surface area (Å²) in [5, 5.41) is 0. The van der Waals surface area contributed by atoms with Gasteiger partial charge in [-0.15, -0.1) is 0 Å². The van der Waals surface area contributed by atoms with Crippen molar-refractivity contribution in [1.29, 1.82) is 0 Å². The molecule has 2 heterocycles. The molecular weight excluding hydrogens is 464 g/mol. The zero-order chi connectivity index (χ0) is 26.4. The number of unbranched alkanes of at least 4 members (excludes halogenated alkanes) is 1. The maximum atomic E-state index is 12.9. The highest BCUT2D eigenvalue weighted by Gasteiger charge is 2.31. The minimum absolute atomic E-state index is 0.0172. The first-order chi connectivity index (χ1) is 18.0. The third kappa shape index (κ3) is 5.82. The van der Waals surface area contributed by atoms with E-state index in [1.807, 2.05) is 37.1 Å². The molecule has 0 fully saturated rings. The molecule has 0 saturated heterocycles. The van der Waals surface area contributed by atoms with Gasteiger partial charge in [-0.2, -0.15) is 0 Å². The van der Waals surface area contributed by atoms with Gasteiger partial charge in [0.2, 0.25) is 0 Å². The Balaban J connectivity index is 1.70. The number of hydrogen-bond acceptors (Lipinski definition) is 5. The number of carbonyl (C=O) groups excluding carboxylic acids is 1. The Labute approximate surface area is 220 Å². The second-order valence-corrected chi connectivity index (χ2v) is 9.59. The largest absolute Gasteiger partial charge is 0.493 e. The molecule has 4 rings (SSSR count). The van der Waals surface area contributed by atoms with Crippen molar-refractivity contribution in [2.45, 2.75) is 59.0 Å². The Hall–Kier alpha value is -3.32. The Bertz CT molecular complexity index is 1180. The summed E-state index contributed by atoms with van der Waals surface area (Å²) < 4.78 is 11.3. The predicted molar refractivity (Wildman–Crippen MR) is 146 cm³/mol. The number of nitrogens with zero attached hydrogens (tertiary/aromatic N) is 3. The summed E-state index contributed by atoms with van der Waals surface area (Å²) in [4.78, 5) is 25.4. The van der Waals surface area contributed by atoms with Crippen LogP contribution in [0.2, 0.25) is 0 Å². The van der Waals surface area contributed by atoms with Crippen molar-refractivity contribution < 1.29 is 14.3 Å². The first-order valence-electron chi connectivity index (χ1n) is 13.4. The van der Waals surface area contributed by atoms with Crippen LogP contribution in [0.15, 0.2) is 42.6 Å². The maximum Gasteiger partial charge on any atom is 0.253 e. The van der Waals surface area contributed by atoms with E-state index in [0.717, 1.165) is 72.9 Å². The highest BCUT2D eigenvalue weighted by atomic mass is 16.5. The molecule has 0 aliphatic carbocycles. The van der Waals surface area contributed by atoms with Gasteiger partial charge in [0, 0.05) is 50.1 Å². The number of aryl methyl sites for hydroxylation is 1. The molecule has 0 radical (unpaired) electrons. The number of benzene rings is 2. The second-order valence-electron chi connectivity index (χ2n) is 9.59. The lowest BCUT2D eigenvalue weighted by atomic mass is 9.87. The lowest BCUT2D eigenvalue weighted by molar-refractivity contribution is 0.0773. The molecule has 1 N–H and O–H groups in total. The van der Waals surface area contributed by atoms with E-state index in [0.29, 0.717) is 13.1 Å². The highest BCUT2D eigenvalue weighted by Crippen LogP contribution is 2.41. The van der Waals surface area contributed by atoms with E-state index in [9.17, 15) is 4.79 Å². The fourth-order valence-electron chi connectivity index (χ4n) is 5.24. The molecule has 0 saturated carbocycles. The molecule has 1 unspecified atom stereocenters. The van der Waals surface area contributed by atoms with E-state index in [2.05, 4.69) is 46.1 Å². The van der Waals surface area contributed by atoms with E-state index < -0.39 is 0 Å². The van der Waals surface area contributed by atoms with Crippen LogP contribution in [0.4, 0.5) is 0 Å². The van der Waals surface area contributed by atoms with E-state index in [1.165, 1.54) is 11.1 Å². The predicted octanol–water partition coefficient (Wildman–Crippen LogP) is 5.40. The SMILES string of the molecule is CCCCc1ncc(CN2CCc3cc(OC)c(OC)cc3C2c2ccc(C(=O)N(CC)CC)cc2)[nH]1. The Morgan fingerprint density at radius 1 is 1.08 bits per heavy atom. The number of nitrogens with one attached hydrogen (secondary N) is 1. The minimum Gasteiger partial charge on any atom is -0.493 e. The van der Waals surface area contributed by atoms with Gasteiger partial charge in [0.25, 0.3) is 5.91 Å². The molecule has 1 amide bonds. The molecule has 37 heavy (non-hydrogen) atoms. The Kier molecular flexibility index (Phi) is 8.87. The number of aromatic nitrogens is 2. The second kappa shape index (κ2) is 12.3. The monoisotopic (exact) mass is 504 g/mol. The Morgan fingerprint density at radius 3 is 2.43 bits per heavy atom. The number of methoxy groups -OCH3 is 2. The average molecular weight is 505 g/mol. The molecule has 1 aliphatic rings. The number of H-pyrrole nitrogens is 1. The maximum absolute atomic E-state index is 12.9. The molecule has 198 valence electrons. The summed E-state index contributed by atoms with van der Waals surface area (Å²) in [5.74, 6) is 2.60. The van der Waals surface area contributed by atoms with E-state index in [1.54, 1.807) is 14.2 Å². The number of fused-ring (bicyclic) bond motifs is 1. The first-order valence-corrected chi connectivity index (χ1v) is 13.4. The van der Waals surface area contributed by atoms with E-state index >= 15 is 0 Å². The lowest BCUT2D eigenvalue weighted by Gasteiger charge is -2.38. The number of rotatable bonds is 11. The third-order valence-corrected chi connectivity index (χ3v) is 7.32. The fraction of sp³-hybridized carbons (Fsp3) is 0.467. The van der Waals surface area contributed by atoms with E-state index in [4.69, 9.17) is 9.47 Å². The number of amides is 1. The number of imidazole rings is 1. The number of ether oxygens (including phenoxy) is 2. The summed E-state index contributed by atoms with van der Waals surface area (Å²) >= 11 is 0. The van der Waals surface area contributed by atoms with Crippen LogP contribution in [-0.4, -0.2) is 59.5 Å². The molecule has 1 atom stereocenters. The van der Waals surface area contributed by atoms with Crippen LogP contribution in [0.5, 0.6) is 11.5 Å². The standard InChI is InChI=1S/C30H40N4O3/c1-6-9-10-28-31-19-24(32-28)20-34-16-15-23-17-26(36-4)27(37-5)18-25(23)29(34)21-11-13-22(14-12-21)30(35)33(7-2)8-3/h11-14,17-19,29H,6-10,15-16,20H2,1-5H3,(H,31,32). The van der Waals surface area contributed by atoms with Crippen LogP contribution >= 0.6 is 0 Å². The lowest BCUT2D eigenvalue weighted by Crippen LogP contribution is -2.36.